The van der Waals surface area contributed by atoms with Gasteiger partial charge in [-0.05, 0) is 46.0 Å². The van der Waals surface area contributed by atoms with E-state index in [0.29, 0.717) is 12.8 Å². The highest BCUT2D eigenvalue weighted by molar-refractivity contribution is 5.81. The molecule has 4 rings (SSSR count). The van der Waals surface area contributed by atoms with Crippen molar-refractivity contribution in [1.82, 2.24) is 4.90 Å². The van der Waals surface area contributed by atoms with E-state index in [0.717, 1.165) is 0 Å². The lowest BCUT2D eigenvalue weighted by Gasteiger charge is -2.47. The SMILES string of the molecule is C[C@@H]1[C@H](O)[C@@H](C)/C=C/C=C/C=C/C=C/C=C/C=C/C=C/[C@H](O[C@@H]2O[C@H](C)[C@@H](O)[C@H](N)[C@@H]2O)C[C@@H]2O[C@](O)(C[C@@H](O)C[C@@H](O)[C@H](O)CC[C@@H](O)C[C@@H](O)CC(=O)O[C@H]1C)C[C@H](O)[C@H]2C(=O)N1CCC(C(N)=O)CC1. The van der Waals surface area contributed by atoms with E-state index in [1.54, 1.807) is 75.5 Å². The van der Waals surface area contributed by atoms with Crippen molar-refractivity contribution in [3.63, 3.8) is 0 Å². The molecule has 2 amide bonds. The Kier molecular flexibility index (Phi) is 25.3. The molecular weight excluding hydrogens is 951 g/mol. The number of carbonyl (C=O) groups excluding carboxylic acids is 3. The molecule has 4 heterocycles. The van der Waals surface area contributed by atoms with Gasteiger partial charge in [0.1, 0.15) is 12.2 Å². The average Bonchev–Trinajstić information content (AvgIpc) is 3.32. The van der Waals surface area contributed by atoms with E-state index in [1.807, 2.05) is 37.3 Å². The molecule has 4 aliphatic heterocycles. The Morgan fingerprint density at radius 1 is 0.658 bits per heavy atom. The molecule has 14 N–H and O–H groups in total. The van der Waals surface area contributed by atoms with Crippen LogP contribution in [0.3, 0.4) is 0 Å². The summed E-state index contributed by atoms with van der Waals surface area (Å²) in [7, 11) is 0. The van der Waals surface area contributed by atoms with Gasteiger partial charge in [-0.1, -0.05) is 98.9 Å². The number of piperidine rings is 1. The topological polar surface area (TPSA) is 346 Å². The number of aliphatic hydroxyl groups is 10. The summed E-state index contributed by atoms with van der Waals surface area (Å²) in [4.78, 5) is 40.5. The van der Waals surface area contributed by atoms with Crippen molar-refractivity contribution in [3.05, 3.63) is 85.1 Å². The summed E-state index contributed by atoms with van der Waals surface area (Å²) in [5.74, 6) is -6.57. The van der Waals surface area contributed by atoms with Crippen molar-refractivity contribution < 1.29 is 84.4 Å². The number of nitrogens with zero attached hydrogens (tertiary/aromatic N) is 1. The lowest BCUT2D eigenvalue weighted by Crippen LogP contribution is -2.62. The van der Waals surface area contributed by atoms with Gasteiger partial charge in [-0.3, -0.25) is 14.4 Å². The number of esters is 1. The molecule has 0 saturated carbocycles. The van der Waals surface area contributed by atoms with E-state index < -0.39 is 159 Å². The van der Waals surface area contributed by atoms with Gasteiger partial charge in [-0.15, -0.1) is 0 Å². The first kappa shape index (κ1) is 61.6. The molecule has 412 valence electrons. The van der Waals surface area contributed by atoms with Crippen LogP contribution >= 0.6 is 0 Å². The number of amides is 2. The zero-order valence-corrected chi connectivity index (χ0v) is 42.5. The second kappa shape index (κ2) is 29.9. The normalized spacial score (nSPS) is 43.3. The third-order valence-electron chi connectivity index (χ3n) is 14.2. The average molecular weight is 1030 g/mol. The predicted molar refractivity (Wildman–Crippen MR) is 268 cm³/mol. The highest BCUT2D eigenvalue weighted by Crippen LogP contribution is 2.39. The molecule has 3 fully saturated rings. The van der Waals surface area contributed by atoms with Gasteiger partial charge in [-0.25, -0.2) is 0 Å². The van der Waals surface area contributed by atoms with E-state index in [-0.39, 0.29) is 44.7 Å². The Bertz CT molecular complexity index is 1940. The number of likely N-dealkylation sites (tertiary alicyclic amines) is 1. The minimum atomic E-state index is -2.31. The van der Waals surface area contributed by atoms with Crippen molar-refractivity contribution in [2.24, 2.45) is 35.1 Å². The smallest absolute Gasteiger partial charge is 0.308 e. The second-order valence-corrected chi connectivity index (χ2v) is 20.2. The number of carbonyl (C=O) groups is 3. The van der Waals surface area contributed by atoms with Crippen LogP contribution in [0.1, 0.15) is 91.9 Å². The van der Waals surface area contributed by atoms with E-state index in [1.165, 1.54) is 4.90 Å². The number of allylic oxidation sites excluding steroid dienone is 12. The van der Waals surface area contributed by atoms with Gasteiger partial charge >= 0.3 is 5.97 Å². The maximum Gasteiger partial charge on any atom is 0.308 e. The van der Waals surface area contributed by atoms with Crippen LogP contribution in [0.4, 0.5) is 0 Å². The van der Waals surface area contributed by atoms with E-state index in [9.17, 15) is 65.4 Å². The molecule has 0 aromatic rings. The van der Waals surface area contributed by atoms with E-state index in [2.05, 4.69) is 0 Å². The zero-order valence-electron chi connectivity index (χ0n) is 42.5. The van der Waals surface area contributed by atoms with Gasteiger partial charge in [0, 0.05) is 56.5 Å². The second-order valence-electron chi connectivity index (χ2n) is 20.2. The number of aliphatic hydroxyl groups excluding tert-OH is 9. The summed E-state index contributed by atoms with van der Waals surface area (Å²) in [6.07, 6.45) is 4.77. The predicted octanol–water partition coefficient (Wildman–Crippen LogP) is 0.351. The summed E-state index contributed by atoms with van der Waals surface area (Å²) in [5, 5.41) is 110. The van der Waals surface area contributed by atoms with E-state index in [4.69, 9.17) is 30.4 Å². The lowest BCUT2D eigenvalue weighted by atomic mass is 9.81. The first-order valence-electron chi connectivity index (χ1n) is 25.5. The molecule has 20 nitrogen and oxygen atoms in total. The molecular formula is C53H83N3O17. The number of hydrogen-bond acceptors (Lipinski definition) is 18. The van der Waals surface area contributed by atoms with Gasteiger partial charge in [0.2, 0.25) is 11.8 Å². The minimum Gasteiger partial charge on any atom is -0.462 e. The monoisotopic (exact) mass is 1030 g/mol. The highest BCUT2D eigenvalue weighted by atomic mass is 16.7. The highest BCUT2D eigenvalue weighted by Gasteiger charge is 2.52. The van der Waals surface area contributed by atoms with Gasteiger partial charge < -0.3 is 86.4 Å². The summed E-state index contributed by atoms with van der Waals surface area (Å²) < 4.78 is 23.9. The van der Waals surface area contributed by atoms with Crippen LogP contribution in [0, 0.1) is 23.7 Å². The fourth-order valence-electron chi connectivity index (χ4n) is 9.56. The number of cyclic esters (lactones) is 1. The van der Waals surface area contributed by atoms with Gasteiger partial charge in [0.05, 0.1) is 85.5 Å². The zero-order chi connectivity index (χ0) is 54.0. The number of ether oxygens (including phenoxy) is 4. The van der Waals surface area contributed by atoms with Crippen LogP contribution in [-0.2, 0) is 33.3 Å². The molecule has 20 heteroatoms. The Hall–Kier alpha value is -3.97. The third-order valence-corrected chi connectivity index (χ3v) is 14.2. The summed E-state index contributed by atoms with van der Waals surface area (Å²) in [6.45, 7) is 7.09. The molecule has 73 heavy (non-hydrogen) atoms. The Labute approximate surface area is 428 Å². The van der Waals surface area contributed by atoms with Crippen molar-refractivity contribution in [3.8, 4) is 0 Å². The molecule has 2 bridgehead atoms. The largest absolute Gasteiger partial charge is 0.462 e. The molecule has 4 aliphatic rings. The number of hydrogen-bond donors (Lipinski definition) is 12. The number of fused-ring (bicyclic) bond motifs is 2. The van der Waals surface area contributed by atoms with Gasteiger partial charge in [0.25, 0.3) is 0 Å². The van der Waals surface area contributed by atoms with Crippen LogP contribution in [-0.4, -0.2) is 184 Å². The Morgan fingerprint density at radius 3 is 1.82 bits per heavy atom. The van der Waals surface area contributed by atoms with Crippen molar-refractivity contribution >= 4 is 17.8 Å². The minimum absolute atomic E-state index is 0.108. The number of primary amides is 1. The fraction of sp³-hybridized carbons (Fsp3) is 0.679. The van der Waals surface area contributed by atoms with E-state index >= 15 is 0 Å². The van der Waals surface area contributed by atoms with Crippen molar-refractivity contribution in [2.45, 2.75) is 189 Å². The molecule has 0 unspecified atom stereocenters. The molecule has 0 radical (unpaired) electrons. The van der Waals surface area contributed by atoms with Crippen LogP contribution in [0.25, 0.3) is 0 Å². The summed E-state index contributed by atoms with van der Waals surface area (Å²) in [5.41, 5.74) is 11.7. The van der Waals surface area contributed by atoms with Crippen LogP contribution in [0.2, 0.25) is 0 Å². The Morgan fingerprint density at radius 2 is 1.23 bits per heavy atom. The number of rotatable bonds is 4. The quantitative estimate of drug-likeness (QED) is 0.169. The van der Waals surface area contributed by atoms with Crippen molar-refractivity contribution in [2.75, 3.05) is 13.1 Å². The van der Waals surface area contributed by atoms with Gasteiger partial charge in [-0.2, -0.15) is 0 Å². The molecule has 0 aliphatic carbocycles. The third kappa shape index (κ3) is 19.6. The maximum atomic E-state index is 14.3. The maximum absolute atomic E-state index is 14.3. The molecule has 0 aromatic heterocycles. The summed E-state index contributed by atoms with van der Waals surface area (Å²) in [6, 6.07) is -1.15. The van der Waals surface area contributed by atoms with Gasteiger partial charge in [0.15, 0.2) is 12.1 Å². The first-order valence-corrected chi connectivity index (χ1v) is 25.5. The number of nitrogens with two attached hydrogens (primary N) is 2. The van der Waals surface area contributed by atoms with Crippen LogP contribution in [0.5, 0.6) is 0 Å². The summed E-state index contributed by atoms with van der Waals surface area (Å²) >= 11 is 0. The van der Waals surface area contributed by atoms with Crippen molar-refractivity contribution in [1.29, 1.82) is 0 Å². The molecule has 19 atom stereocenters. The first-order chi connectivity index (χ1) is 34.5. The van der Waals surface area contributed by atoms with Crippen LogP contribution in [0.15, 0.2) is 85.1 Å². The fourth-order valence-corrected chi connectivity index (χ4v) is 9.56. The Balaban J connectivity index is 1.62. The lowest BCUT2D eigenvalue weighted by molar-refractivity contribution is -0.308. The molecule has 0 aromatic carbocycles. The van der Waals surface area contributed by atoms with Crippen LogP contribution < -0.4 is 11.5 Å². The molecule has 3 saturated heterocycles. The molecule has 0 spiro atoms. The standard InChI is InChI=1S/C53H83N3O17/c1-31-17-15-13-11-9-7-5-6-8-10-12-14-16-18-39(72-52-49(66)46(54)48(65)34(4)71-52)28-43-45(51(68)56-23-21-35(22-24-56)50(55)67)42(62)30-53(69,73-43)29-38(59)26-41(61)40(60)20-19-36(57)25-37(58)27-44(63)70-33(3)32(2)47(31)64/h5-18,31-43,45-49,52,57-62,64-66,69H,19-30,54H2,1-4H3,(H2,55,67)/b6-5+,9-7+,10-8+,13-11+,14-12+,17-15+,18-16+/t31-,32-,33-,34+,36+,37+,38-,39-,40+,41+,42-,43-,45+,46-,47+,48+,49-,52-,53+/m0/s1.